The summed E-state index contributed by atoms with van der Waals surface area (Å²) in [4.78, 5) is 7.05. The van der Waals surface area contributed by atoms with E-state index in [4.69, 9.17) is 0 Å². The van der Waals surface area contributed by atoms with Crippen molar-refractivity contribution in [2.75, 3.05) is 0 Å². The van der Waals surface area contributed by atoms with Gasteiger partial charge in [0.15, 0.2) is 0 Å². The standard InChI is InChI=1S/3CH3.Sb/h3*1H3;/q;;;+1. The number of hydrogen-bond donors (Lipinski definition) is 0. The Morgan fingerprint density at radius 1 is 1.00 bits per heavy atom. The third-order valence-electron chi connectivity index (χ3n) is 0. The Bertz CT molecular complexity index is 8.00. The van der Waals surface area contributed by atoms with E-state index in [1.54, 1.807) is 0 Å². The molecule has 0 aromatic carbocycles. The van der Waals surface area contributed by atoms with Crippen LogP contribution in [0.2, 0.25) is 14.6 Å². The molecule has 0 saturated heterocycles. The molecule has 0 fully saturated rings. The summed E-state index contributed by atoms with van der Waals surface area (Å²) in [6.45, 7) is 0. The van der Waals surface area contributed by atoms with Crippen LogP contribution in [0.5, 0.6) is 0 Å². The molecule has 0 aliphatic rings. The van der Waals surface area contributed by atoms with E-state index >= 15 is 0 Å². The Labute approximate surface area is 35.2 Å². The molecule has 0 unspecified atom stereocenters. The van der Waals surface area contributed by atoms with Gasteiger partial charge in [0.25, 0.3) is 0 Å². The minimum atomic E-state index is -0.450. The molecule has 0 atom stereocenters. The molecule has 0 heterocycles. The van der Waals surface area contributed by atoms with Gasteiger partial charge in [0.2, 0.25) is 0 Å². The first-order chi connectivity index (χ1) is 1.73. The molecule has 0 amide bonds. The van der Waals surface area contributed by atoms with Crippen LogP contribution in [0, 0.1) is 0 Å². The van der Waals surface area contributed by atoms with Gasteiger partial charge in [-0.15, -0.1) is 0 Å². The van der Waals surface area contributed by atoms with Crippen LogP contribution in [0.3, 0.4) is 0 Å². The van der Waals surface area contributed by atoms with E-state index in [0.29, 0.717) is 0 Å². The average Bonchev–Trinajstić information content (AvgIpc) is 0.811. The van der Waals surface area contributed by atoms with E-state index < -0.39 is 20.2 Å². The fourth-order valence-electron chi connectivity index (χ4n) is 0. The van der Waals surface area contributed by atoms with Gasteiger partial charge >= 0.3 is 34.8 Å². The predicted molar refractivity (Wildman–Crippen MR) is 23.3 cm³/mol. The van der Waals surface area contributed by atoms with Crippen molar-refractivity contribution in [1.82, 2.24) is 0 Å². The molecule has 0 rings (SSSR count). The molecule has 0 bridgehead atoms. The molecule has 0 N–H and O–H groups in total. The Balaban J connectivity index is 2.32. The van der Waals surface area contributed by atoms with Crippen molar-refractivity contribution in [1.29, 1.82) is 0 Å². The van der Waals surface area contributed by atoms with Gasteiger partial charge in [-0.25, -0.2) is 0 Å². The minimum absolute atomic E-state index is 0.450. The first-order valence-electron chi connectivity index (χ1n) is 1.34. The van der Waals surface area contributed by atoms with Gasteiger partial charge in [0.05, 0.1) is 0 Å². The summed E-state index contributed by atoms with van der Waals surface area (Å²) in [5.74, 6) is 0. The maximum atomic E-state index is 2.35. The second kappa shape index (κ2) is 2.08. The molecule has 0 aromatic rings. The van der Waals surface area contributed by atoms with Crippen molar-refractivity contribution in [2.45, 2.75) is 14.6 Å². The van der Waals surface area contributed by atoms with Crippen molar-refractivity contribution in [2.24, 2.45) is 0 Å². The zero-order valence-corrected chi connectivity index (χ0v) is 6.00. The molecule has 0 aliphatic heterocycles. The summed E-state index contributed by atoms with van der Waals surface area (Å²) in [7, 11) is 0. The zero-order chi connectivity index (χ0) is 3.58. The molecule has 0 nitrogen and oxygen atoms in total. The maximum absolute atomic E-state index is 2.35. The Kier molecular flexibility index (Phi) is 2.51. The SMILES string of the molecule is [CH3][Sb+]([CH3])[CH3]. The van der Waals surface area contributed by atoms with Gasteiger partial charge in [-0.05, 0) is 0 Å². The van der Waals surface area contributed by atoms with Gasteiger partial charge < -0.3 is 0 Å². The molecule has 0 aromatic heterocycles. The molecule has 25 valence electrons. The van der Waals surface area contributed by atoms with E-state index in [9.17, 15) is 0 Å². The summed E-state index contributed by atoms with van der Waals surface area (Å²) >= 11 is -0.450. The van der Waals surface area contributed by atoms with Gasteiger partial charge in [0, 0.05) is 0 Å². The topological polar surface area (TPSA) is 0 Å². The van der Waals surface area contributed by atoms with Crippen molar-refractivity contribution in [3.05, 3.63) is 0 Å². The molecule has 4 heavy (non-hydrogen) atoms. The molecular weight excluding hydrogens is 158 g/mol. The van der Waals surface area contributed by atoms with Gasteiger partial charge in [-0.1, -0.05) is 0 Å². The summed E-state index contributed by atoms with van der Waals surface area (Å²) in [6.07, 6.45) is 0. The first kappa shape index (κ1) is 4.82. The molecular formula is C3H9Sb+. The van der Waals surface area contributed by atoms with Crippen LogP contribution >= 0.6 is 0 Å². The predicted octanol–water partition coefficient (Wildman–Crippen LogP) is 1.37. The summed E-state index contributed by atoms with van der Waals surface area (Å²) in [5.41, 5.74) is 0. The molecule has 0 aliphatic carbocycles. The van der Waals surface area contributed by atoms with Crippen molar-refractivity contribution in [3.63, 3.8) is 0 Å². The van der Waals surface area contributed by atoms with E-state index in [1.807, 2.05) is 0 Å². The molecule has 1 heteroatoms. The van der Waals surface area contributed by atoms with E-state index in [1.165, 1.54) is 0 Å². The van der Waals surface area contributed by atoms with Crippen LogP contribution in [0.25, 0.3) is 0 Å². The van der Waals surface area contributed by atoms with Crippen LogP contribution in [0.4, 0.5) is 0 Å². The third-order valence-corrected chi connectivity index (χ3v) is 0. The molecule has 1 radical (unpaired) electrons. The number of hydrogen-bond acceptors (Lipinski definition) is 0. The van der Waals surface area contributed by atoms with E-state index in [0.717, 1.165) is 0 Å². The normalized spacial score (nSPS) is 9.00. The molecule has 0 spiro atoms. The average molecular weight is 167 g/mol. The Morgan fingerprint density at radius 3 is 1.00 bits per heavy atom. The summed E-state index contributed by atoms with van der Waals surface area (Å²) in [5, 5.41) is 0. The summed E-state index contributed by atoms with van der Waals surface area (Å²) < 4.78 is 0. The van der Waals surface area contributed by atoms with E-state index in [2.05, 4.69) is 14.6 Å². The second-order valence-corrected chi connectivity index (χ2v) is 9.00. The van der Waals surface area contributed by atoms with Crippen LogP contribution in [0.15, 0.2) is 0 Å². The zero-order valence-electron chi connectivity index (χ0n) is 3.45. The van der Waals surface area contributed by atoms with Crippen molar-refractivity contribution in [3.8, 4) is 0 Å². The monoisotopic (exact) mass is 166 g/mol. The van der Waals surface area contributed by atoms with Crippen LogP contribution < -0.4 is 0 Å². The van der Waals surface area contributed by atoms with Crippen molar-refractivity contribution >= 4 is 20.2 Å². The van der Waals surface area contributed by atoms with Crippen LogP contribution in [-0.4, -0.2) is 20.2 Å². The van der Waals surface area contributed by atoms with Crippen molar-refractivity contribution < 1.29 is 0 Å². The Morgan fingerprint density at radius 2 is 1.00 bits per heavy atom. The van der Waals surface area contributed by atoms with E-state index in [-0.39, 0.29) is 0 Å². The fraction of sp³-hybridized carbons (Fsp3) is 1.00. The van der Waals surface area contributed by atoms with Crippen LogP contribution in [-0.2, 0) is 0 Å². The van der Waals surface area contributed by atoms with Crippen LogP contribution in [0.1, 0.15) is 0 Å². The van der Waals surface area contributed by atoms with Gasteiger partial charge in [-0.3, -0.25) is 0 Å². The number of rotatable bonds is 0. The van der Waals surface area contributed by atoms with Gasteiger partial charge in [0.1, 0.15) is 0 Å². The first-order valence-corrected chi connectivity index (χ1v) is 9.00. The van der Waals surface area contributed by atoms with Gasteiger partial charge in [-0.2, -0.15) is 0 Å². The summed E-state index contributed by atoms with van der Waals surface area (Å²) in [6, 6.07) is 0. The third kappa shape index (κ3) is 13.9. The second-order valence-electron chi connectivity index (χ2n) is 1.34. The molecule has 0 saturated carbocycles. The fourth-order valence-corrected chi connectivity index (χ4v) is 0. The Hall–Kier alpha value is 0.818. The quantitative estimate of drug-likeness (QED) is 0.478.